The first-order valence-electron chi connectivity index (χ1n) is 5.75. The van der Waals surface area contributed by atoms with Crippen molar-refractivity contribution in [2.75, 3.05) is 0 Å². The summed E-state index contributed by atoms with van der Waals surface area (Å²) in [5, 5.41) is 0. The number of halogens is 3. The first-order valence-corrected chi connectivity index (χ1v) is 7.30. The molecule has 0 heterocycles. The Morgan fingerprint density at radius 3 is 2.11 bits per heavy atom. The highest BCUT2D eigenvalue weighted by atomic mass is 79.9. The molecule has 0 aromatic heterocycles. The lowest BCUT2D eigenvalue weighted by Crippen LogP contribution is -2.22. The van der Waals surface area contributed by atoms with Crippen molar-refractivity contribution in [3.8, 4) is 0 Å². The summed E-state index contributed by atoms with van der Waals surface area (Å²) in [7, 11) is 0. The van der Waals surface area contributed by atoms with Gasteiger partial charge in [-0.05, 0) is 36.8 Å². The average Bonchev–Trinajstić information content (AvgIpc) is 2.37. The largest absolute Gasteiger partial charge is 0.250 e. The standard InChI is InChI=1S/C15H12BrCl2N/c1-15(17,18)14(11-7-9-12(16)10-8-11)19-13-5-3-2-4-6-13/h2-10H,1H3. The molecule has 0 saturated heterocycles. The Labute approximate surface area is 131 Å². The van der Waals surface area contributed by atoms with Crippen LogP contribution < -0.4 is 0 Å². The molecule has 0 amide bonds. The van der Waals surface area contributed by atoms with E-state index < -0.39 is 4.33 Å². The SMILES string of the molecule is CC(Cl)(Cl)C(=Nc1ccccc1)c1ccc(Br)cc1. The number of benzene rings is 2. The van der Waals surface area contributed by atoms with Crippen molar-refractivity contribution in [2.24, 2.45) is 4.99 Å². The zero-order valence-electron chi connectivity index (χ0n) is 10.3. The second-order valence-corrected chi connectivity index (χ2v) is 6.81. The van der Waals surface area contributed by atoms with Crippen LogP contribution in [-0.4, -0.2) is 10.0 Å². The predicted molar refractivity (Wildman–Crippen MR) is 86.9 cm³/mol. The van der Waals surface area contributed by atoms with Crippen LogP contribution in [-0.2, 0) is 0 Å². The fourth-order valence-electron chi connectivity index (χ4n) is 1.66. The molecule has 2 rings (SSSR count). The van der Waals surface area contributed by atoms with E-state index >= 15 is 0 Å². The van der Waals surface area contributed by atoms with Gasteiger partial charge in [0, 0.05) is 4.47 Å². The van der Waals surface area contributed by atoms with E-state index in [1.54, 1.807) is 6.92 Å². The minimum Gasteiger partial charge on any atom is -0.250 e. The molecule has 2 aromatic rings. The first-order chi connectivity index (χ1) is 8.97. The summed E-state index contributed by atoms with van der Waals surface area (Å²) in [4.78, 5) is 4.57. The van der Waals surface area contributed by atoms with Crippen LogP contribution in [0.25, 0.3) is 0 Å². The van der Waals surface area contributed by atoms with Crippen LogP contribution in [0.2, 0.25) is 0 Å². The van der Waals surface area contributed by atoms with Crippen molar-refractivity contribution >= 4 is 50.5 Å². The van der Waals surface area contributed by atoms with Crippen LogP contribution in [0.3, 0.4) is 0 Å². The highest BCUT2D eigenvalue weighted by molar-refractivity contribution is 9.10. The lowest BCUT2D eigenvalue weighted by Gasteiger charge is -2.17. The third-order valence-corrected chi connectivity index (χ3v) is 3.42. The molecule has 0 atom stereocenters. The molecule has 1 nitrogen and oxygen atoms in total. The van der Waals surface area contributed by atoms with Crippen molar-refractivity contribution in [1.82, 2.24) is 0 Å². The fraction of sp³-hybridized carbons (Fsp3) is 0.133. The van der Waals surface area contributed by atoms with Gasteiger partial charge in [-0.2, -0.15) is 0 Å². The molecule has 0 aliphatic heterocycles. The molecule has 0 aliphatic carbocycles. The highest BCUT2D eigenvalue weighted by Gasteiger charge is 2.26. The van der Waals surface area contributed by atoms with Gasteiger partial charge < -0.3 is 0 Å². The number of hydrogen-bond donors (Lipinski definition) is 0. The summed E-state index contributed by atoms with van der Waals surface area (Å²) in [5.41, 5.74) is 2.36. The molecule has 0 radical (unpaired) electrons. The zero-order valence-corrected chi connectivity index (χ0v) is 13.4. The summed E-state index contributed by atoms with van der Waals surface area (Å²) >= 11 is 15.9. The second kappa shape index (κ2) is 6.08. The number of alkyl halides is 2. The van der Waals surface area contributed by atoms with E-state index in [1.807, 2.05) is 54.6 Å². The van der Waals surface area contributed by atoms with E-state index in [9.17, 15) is 0 Å². The molecule has 2 aromatic carbocycles. The third-order valence-electron chi connectivity index (χ3n) is 2.53. The van der Waals surface area contributed by atoms with Gasteiger partial charge in [0.05, 0.1) is 11.4 Å². The molecule has 0 fully saturated rings. The highest BCUT2D eigenvalue weighted by Crippen LogP contribution is 2.29. The van der Waals surface area contributed by atoms with E-state index in [-0.39, 0.29) is 0 Å². The zero-order chi connectivity index (χ0) is 13.9. The molecule has 0 N–H and O–H groups in total. The smallest absolute Gasteiger partial charge is 0.157 e. The van der Waals surface area contributed by atoms with Crippen molar-refractivity contribution < 1.29 is 0 Å². The van der Waals surface area contributed by atoms with E-state index in [2.05, 4.69) is 20.9 Å². The molecule has 0 unspecified atom stereocenters. The molecule has 0 aliphatic rings. The van der Waals surface area contributed by atoms with Gasteiger partial charge in [0.15, 0.2) is 4.33 Å². The Morgan fingerprint density at radius 2 is 1.58 bits per heavy atom. The van der Waals surface area contributed by atoms with Crippen LogP contribution in [0.15, 0.2) is 64.1 Å². The monoisotopic (exact) mass is 355 g/mol. The number of para-hydroxylation sites is 1. The van der Waals surface area contributed by atoms with Crippen LogP contribution in [0, 0.1) is 0 Å². The number of nitrogens with zero attached hydrogens (tertiary/aromatic N) is 1. The van der Waals surface area contributed by atoms with Gasteiger partial charge >= 0.3 is 0 Å². The Bertz CT molecular complexity index is 571. The molecule has 98 valence electrons. The first kappa shape index (κ1) is 14.6. The van der Waals surface area contributed by atoms with Crippen molar-refractivity contribution in [2.45, 2.75) is 11.3 Å². The van der Waals surface area contributed by atoms with Gasteiger partial charge in [0.25, 0.3) is 0 Å². The summed E-state index contributed by atoms with van der Waals surface area (Å²) in [6.45, 7) is 1.72. The molecule has 0 saturated carbocycles. The number of hydrogen-bond acceptors (Lipinski definition) is 1. The van der Waals surface area contributed by atoms with Crippen LogP contribution in [0.1, 0.15) is 12.5 Å². The Kier molecular flexibility index (Phi) is 4.67. The maximum absolute atomic E-state index is 6.25. The number of aliphatic imine (C=N–C) groups is 1. The van der Waals surface area contributed by atoms with Gasteiger partial charge in [-0.1, -0.05) is 69.5 Å². The lowest BCUT2D eigenvalue weighted by molar-refractivity contribution is 1.17. The molecule has 4 heteroatoms. The van der Waals surface area contributed by atoms with Crippen molar-refractivity contribution in [1.29, 1.82) is 0 Å². The predicted octanol–water partition coefficient (Wildman–Crippen LogP) is 5.76. The Balaban J connectivity index is 2.48. The van der Waals surface area contributed by atoms with E-state index in [4.69, 9.17) is 23.2 Å². The van der Waals surface area contributed by atoms with Gasteiger partial charge in [0.1, 0.15) is 0 Å². The molecule has 19 heavy (non-hydrogen) atoms. The quantitative estimate of drug-likeness (QED) is 0.489. The topological polar surface area (TPSA) is 12.4 Å². The van der Waals surface area contributed by atoms with Gasteiger partial charge in [0.2, 0.25) is 0 Å². The van der Waals surface area contributed by atoms with Gasteiger partial charge in [-0.25, -0.2) is 4.99 Å². The van der Waals surface area contributed by atoms with Gasteiger partial charge in [-0.15, -0.1) is 0 Å². The number of rotatable bonds is 3. The fourth-order valence-corrected chi connectivity index (χ4v) is 2.22. The molecular weight excluding hydrogens is 345 g/mol. The summed E-state index contributed by atoms with van der Waals surface area (Å²) < 4.78 is -0.0508. The van der Waals surface area contributed by atoms with Crippen LogP contribution in [0.4, 0.5) is 5.69 Å². The summed E-state index contributed by atoms with van der Waals surface area (Å²) in [5.74, 6) is 0. The minimum atomic E-state index is -1.05. The van der Waals surface area contributed by atoms with E-state index in [0.29, 0.717) is 5.71 Å². The van der Waals surface area contributed by atoms with Crippen molar-refractivity contribution in [3.63, 3.8) is 0 Å². The Morgan fingerprint density at radius 1 is 1.00 bits per heavy atom. The van der Waals surface area contributed by atoms with Crippen LogP contribution >= 0.6 is 39.1 Å². The normalized spacial score (nSPS) is 12.5. The summed E-state index contributed by atoms with van der Waals surface area (Å²) in [6, 6.07) is 17.4. The van der Waals surface area contributed by atoms with Crippen LogP contribution in [0.5, 0.6) is 0 Å². The van der Waals surface area contributed by atoms with Crippen molar-refractivity contribution in [3.05, 3.63) is 64.6 Å². The van der Waals surface area contributed by atoms with E-state index in [0.717, 1.165) is 15.7 Å². The minimum absolute atomic E-state index is 0.634. The van der Waals surface area contributed by atoms with E-state index in [1.165, 1.54) is 0 Å². The second-order valence-electron chi connectivity index (χ2n) is 4.19. The third kappa shape index (κ3) is 4.07. The molecular formula is C15H12BrCl2N. The molecule has 0 bridgehead atoms. The average molecular weight is 357 g/mol. The Hall–Kier alpha value is -0.830. The maximum Gasteiger partial charge on any atom is 0.157 e. The van der Waals surface area contributed by atoms with Gasteiger partial charge in [-0.3, -0.25) is 0 Å². The lowest BCUT2D eigenvalue weighted by atomic mass is 10.1. The maximum atomic E-state index is 6.25. The summed E-state index contributed by atoms with van der Waals surface area (Å²) in [6.07, 6.45) is 0. The molecule has 0 spiro atoms.